The van der Waals surface area contributed by atoms with Crippen molar-refractivity contribution in [3.8, 4) is 0 Å². The number of benzene rings is 2. The first-order chi connectivity index (χ1) is 12.7. The number of imidazole rings is 1. The first kappa shape index (κ1) is 15.9. The molecule has 0 radical (unpaired) electrons. The number of carbonyl (C=O) groups excluding carboxylic acids is 1. The fourth-order valence-corrected chi connectivity index (χ4v) is 2.97. The van der Waals surface area contributed by atoms with Gasteiger partial charge in [-0.05, 0) is 35.0 Å². The molecule has 2 aromatic heterocycles. The molecule has 8 nitrogen and oxygen atoms in total. The molecule has 0 aliphatic carbocycles. The molecule has 0 unspecified atom stereocenters. The van der Waals surface area contributed by atoms with Gasteiger partial charge in [-0.2, -0.15) is 0 Å². The largest absolute Gasteiger partial charge is 0.303 e. The normalized spacial score (nSPS) is 12.2. The van der Waals surface area contributed by atoms with Crippen molar-refractivity contribution in [2.24, 2.45) is 0 Å². The van der Waals surface area contributed by atoms with Gasteiger partial charge in [0.05, 0.1) is 17.1 Å². The lowest BCUT2D eigenvalue weighted by Gasteiger charge is -2.18. The standard InChI is InChI=1S/C18H17N7O/c1-13(14-7-3-2-4-8-14)25-16-10-6-5-9-15(16)20-18(25)21-17(26)11-24-12-19-22-23-24/h2-10,12-13H,11H2,1H3,(H,20,21,26)/t13-/m0/s1. The van der Waals surface area contributed by atoms with Crippen molar-refractivity contribution in [3.05, 3.63) is 66.5 Å². The Hall–Kier alpha value is -3.55. The van der Waals surface area contributed by atoms with Gasteiger partial charge in [-0.25, -0.2) is 9.67 Å². The van der Waals surface area contributed by atoms with E-state index in [0.29, 0.717) is 5.95 Å². The van der Waals surface area contributed by atoms with Gasteiger partial charge in [0.25, 0.3) is 0 Å². The van der Waals surface area contributed by atoms with E-state index in [0.717, 1.165) is 16.6 Å². The second-order valence-corrected chi connectivity index (χ2v) is 5.94. The van der Waals surface area contributed by atoms with Crippen LogP contribution in [-0.2, 0) is 11.3 Å². The quantitative estimate of drug-likeness (QED) is 0.598. The molecule has 2 heterocycles. The molecular formula is C18H17N7O. The van der Waals surface area contributed by atoms with Gasteiger partial charge in [0.15, 0.2) is 0 Å². The first-order valence-electron chi connectivity index (χ1n) is 8.25. The number of fused-ring (bicyclic) bond motifs is 1. The molecule has 2 aromatic carbocycles. The average Bonchev–Trinajstić information content (AvgIpc) is 3.29. The molecule has 0 saturated carbocycles. The van der Waals surface area contributed by atoms with Crippen molar-refractivity contribution in [2.75, 3.05) is 5.32 Å². The Kier molecular flexibility index (Phi) is 4.14. The van der Waals surface area contributed by atoms with Crippen LogP contribution in [0.1, 0.15) is 18.5 Å². The molecule has 0 saturated heterocycles. The number of amides is 1. The van der Waals surface area contributed by atoms with Crippen LogP contribution in [0.15, 0.2) is 60.9 Å². The van der Waals surface area contributed by atoms with Crippen LogP contribution in [0.5, 0.6) is 0 Å². The Bertz CT molecular complexity index is 1020. The number of para-hydroxylation sites is 2. The van der Waals surface area contributed by atoms with Crippen molar-refractivity contribution in [3.63, 3.8) is 0 Å². The number of nitrogens with zero attached hydrogens (tertiary/aromatic N) is 6. The van der Waals surface area contributed by atoms with Crippen LogP contribution in [0, 0.1) is 0 Å². The van der Waals surface area contributed by atoms with E-state index in [-0.39, 0.29) is 18.5 Å². The third kappa shape index (κ3) is 3.04. The highest BCUT2D eigenvalue weighted by atomic mass is 16.2. The highest BCUT2D eigenvalue weighted by Crippen LogP contribution is 2.28. The number of nitrogens with one attached hydrogen (secondary N) is 1. The van der Waals surface area contributed by atoms with E-state index in [1.54, 1.807) is 0 Å². The summed E-state index contributed by atoms with van der Waals surface area (Å²) in [5, 5.41) is 13.7. The number of tetrazole rings is 1. The minimum Gasteiger partial charge on any atom is -0.303 e. The van der Waals surface area contributed by atoms with E-state index in [1.165, 1.54) is 11.0 Å². The number of anilines is 1. The van der Waals surface area contributed by atoms with Gasteiger partial charge in [-0.15, -0.1) is 5.10 Å². The van der Waals surface area contributed by atoms with Crippen LogP contribution >= 0.6 is 0 Å². The summed E-state index contributed by atoms with van der Waals surface area (Å²) in [4.78, 5) is 17.0. The summed E-state index contributed by atoms with van der Waals surface area (Å²) in [6.07, 6.45) is 1.40. The number of hydrogen-bond acceptors (Lipinski definition) is 5. The Balaban J connectivity index is 1.71. The highest BCUT2D eigenvalue weighted by molar-refractivity contribution is 5.91. The summed E-state index contributed by atoms with van der Waals surface area (Å²) < 4.78 is 3.39. The minimum atomic E-state index is -0.242. The predicted octanol–water partition coefficient (Wildman–Crippen LogP) is 2.27. The van der Waals surface area contributed by atoms with E-state index < -0.39 is 0 Å². The van der Waals surface area contributed by atoms with Crippen molar-refractivity contribution < 1.29 is 4.79 Å². The second-order valence-electron chi connectivity index (χ2n) is 5.94. The second kappa shape index (κ2) is 6.75. The average molecular weight is 347 g/mol. The molecule has 130 valence electrons. The van der Waals surface area contributed by atoms with Crippen LogP contribution in [0.4, 0.5) is 5.95 Å². The van der Waals surface area contributed by atoms with Crippen molar-refractivity contribution >= 4 is 22.9 Å². The van der Waals surface area contributed by atoms with Gasteiger partial charge in [-0.3, -0.25) is 10.1 Å². The monoisotopic (exact) mass is 347 g/mol. The van der Waals surface area contributed by atoms with Crippen molar-refractivity contribution in [1.29, 1.82) is 0 Å². The van der Waals surface area contributed by atoms with Crippen LogP contribution in [-0.4, -0.2) is 35.7 Å². The summed E-state index contributed by atoms with van der Waals surface area (Å²) in [6.45, 7) is 2.11. The van der Waals surface area contributed by atoms with Gasteiger partial charge in [-0.1, -0.05) is 42.5 Å². The molecule has 4 rings (SSSR count). The summed E-state index contributed by atoms with van der Waals surface area (Å²) in [5.74, 6) is 0.259. The topological polar surface area (TPSA) is 90.5 Å². The molecule has 0 fully saturated rings. The fourth-order valence-electron chi connectivity index (χ4n) is 2.97. The van der Waals surface area contributed by atoms with Crippen molar-refractivity contribution in [1.82, 2.24) is 29.8 Å². The van der Waals surface area contributed by atoms with Crippen LogP contribution in [0.2, 0.25) is 0 Å². The Morgan fingerprint density at radius 1 is 1.12 bits per heavy atom. The van der Waals surface area contributed by atoms with Crippen molar-refractivity contribution in [2.45, 2.75) is 19.5 Å². The van der Waals surface area contributed by atoms with Gasteiger partial charge in [0.1, 0.15) is 12.9 Å². The van der Waals surface area contributed by atoms with Crippen LogP contribution in [0.25, 0.3) is 11.0 Å². The smallest absolute Gasteiger partial charge is 0.248 e. The summed E-state index contributed by atoms with van der Waals surface area (Å²) in [5.41, 5.74) is 2.92. The number of hydrogen-bond donors (Lipinski definition) is 1. The molecule has 0 aliphatic heterocycles. The Morgan fingerprint density at radius 2 is 1.88 bits per heavy atom. The van der Waals surface area contributed by atoms with Gasteiger partial charge in [0, 0.05) is 0 Å². The summed E-state index contributed by atoms with van der Waals surface area (Å²) in [6, 6.07) is 17.9. The van der Waals surface area contributed by atoms with Gasteiger partial charge >= 0.3 is 0 Å². The maximum absolute atomic E-state index is 12.4. The van der Waals surface area contributed by atoms with E-state index in [4.69, 9.17) is 0 Å². The zero-order valence-corrected chi connectivity index (χ0v) is 14.1. The maximum Gasteiger partial charge on any atom is 0.248 e. The lowest BCUT2D eigenvalue weighted by Crippen LogP contribution is -2.22. The molecule has 26 heavy (non-hydrogen) atoms. The molecule has 1 amide bonds. The highest BCUT2D eigenvalue weighted by Gasteiger charge is 2.19. The lowest BCUT2D eigenvalue weighted by molar-refractivity contribution is -0.117. The van der Waals surface area contributed by atoms with Gasteiger partial charge in [0.2, 0.25) is 11.9 Å². The number of aromatic nitrogens is 6. The summed E-state index contributed by atoms with van der Waals surface area (Å²) in [7, 11) is 0. The first-order valence-corrected chi connectivity index (χ1v) is 8.25. The molecule has 1 N–H and O–H groups in total. The third-order valence-electron chi connectivity index (χ3n) is 4.21. The molecule has 1 atom stereocenters. The third-order valence-corrected chi connectivity index (χ3v) is 4.21. The molecule has 0 spiro atoms. The van der Waals surface area contributed by atoms with E-state index in [9.17, 15) is 4.79 Å². The van der Waals surface area contributed by atoms with E-state index in [2.05, 4.69) is 44.9 Å². The minimum absolute atomic E-state index is 0.00642. The SMILES string of the molecule is C[C@@H](c1ccccc1)n1c(NC(=O)Cn2cnnn2)nc2ccccc21. The van der Waals surface area contributed by atoms with E-state index >= 15 is 0 Å². The zero-order chi connectivity index (χ0) is 17.9. The molecule has 0 aliphatic rings. The Labute approximate surface area is 149 Å². The predicted molar refractivity (Wildman–Crippen MR) is 96.4 cm³/mol. The number of carbonyl (C=O) groups is 1. The maximum atomic E-state index is 12.4. The Morgan fingerprint density at radius 3 is 2.65 bits per heavy atom. The molecular weight excluding hydrogens is 330 g/mol. The zero-order valence-electron chi connectivity index (χ0n) is 14.1. The molecule has 0 bridgehead atoms. The van der Waals surface area contributed by atoms with Gasteiger partial charge < -0.3 is 4.57 Å². The van der Waals surface area contributed by atoms with Crippen LogP contribution in [0.3, 0.4) is 0 Å². The summed E-state index contributed by atoms with van der Waals surface area (Å²) >= 11 is 0. The lowest BCUT2D eigenvalue weighted by atomic mass is 10.1. The molecule has 8 heteroatoms. The van der Waals surface area contributed by atoms with E-state index in [1.807, 2.05) is 47.0 Å². The molecule has 4 aromatic rings. The fraction of sp³-hybridized carbons (Fsp3) is 0.167. The van der Waals surface area contributed by atoms with Crippen LogP contribution < -0.4 is 5.32 Å². The number of rotatable bonds is 5.